The van der Waals surface area contributed by atoms with Crippen LogP contribution in [0.25, 0.3) is 0 Å². The maximum Gasteiger partial charge on any atom is 0.237 e. The Labute approximate surface area is 93.2 Å². The molecule has 0 aliphatic heterocycles. The van der Waals surface area contributed by atoms with Crippen LogP contribution < -0.4 is 5.32 Å². The van der Waals surface area contributed by atoms with E-state index < -0.39 is 0 Å². The van der Waals surface area contributed by atoms with E-state index in [2.05, 4.69) is 25.1 Å². The highest BCUT2D eigenvalue weighted by atomic mass is 16.2. The van der Waals surface area contributed by atoms with Crippen molar-refractivity contribution >= 4 is 5.91 Å². The first-order valence-electron chi connectivity index (χ1n) is 5.60. The number of nitrogens with one attached hydrogen (secondary N) is 1. The molecule has 3 nitrogen and oxygen atoms in total. The summed E-state index contributed by atoms with van der Waals surface area (Å²) in [6, 6.07) is 0.378. The van der Waals surface area contributed by atoms with Crippen molar-refractivity contribution in [3.8, 4) is 12.3 Å². The lowest BCUT2D eigenvalue weighted by atomic mass is 10.2. The second-order valence-corrected chi connectivity index (χ2v) is 3.71. The van der Waals surface area contributed by atoms with Gasteiger partial charge in [0.25, 0.3) is 0 Å². The Kier molecular flexibility index (Phi) is 7.75. The van der Waals surface area contributed by atoms with E-state index >= 15 is 0 Å². The molecule has 86 valence electrons. The summed E-state index contributed by atoms with van der Waals surface area (Å²) >= 11 is 0. The van der Waals surface area contributed by atoms with Gasteiger partial charge in [-0.2, -0.15) is 0 Å². The average Bonchev–Trinajstić information content (AvgIpc) is 2.25. The van der Waals surface area contributed by atoms with Gasteiger partial charge in [-0.1, -0.05) is 19.8 Å². The van der Waals surface area contributed by atoms with Gasteiger partial charge in [-0.25, -0.2) is 0 Å². The van der Waals surface area contributed by atoms with Crippen molar-refractivity contribution in [2.45, 2.75) is 39.7 Å². The normalized spacial score (nSPS) is 11.9. The van der Waals surface area contributed by atoms with E-state index in [1.54, 1.807) is 4.90 Å². The molecule has 0 saturated heterocycles. The molecular weight excluding hydrogens is 188 g/mol. The third-order valence-electron chi connectivity index (χ3n) is 2.34. The maximum atomic E-state index is 11.7. The lowest BCUT2D eigenvalue weighted by Gasteiger charge is -2.20. The van der Waals surface area contributed by atoms with Crippen LogP contribution in [0.4, 0.5) is 0 Å². The average molecular weight is 210 g/mol. The van der Waals surface area contributed by atoms with Gasteiger partial charge in [0, 0.05) is 12.6 Å². The third kappa shape index (κ3) is 6.14. The first-order chi connectivity index (χ1) is 7.15. The van der Waals surface area contributed by atoms with Crippen molar-refractivity contribution in [2.24, 2.45) is 0 Å². The fourth-order valence-electron chi connectivity index (χ4n) is 1.19. The highest BCUT2D eigenvalue weighted by Crippen LogP contribution is 1.93. The number of carbonyl (C=O) groups is 1. The van der Waals surface area contributed by atoms with Crippen LogP contribution in [0.5, 0.6) is 0 Å². The second-order valence-electron chi connectivity index (χ2n) is 3.71. The molecule has 0 rings (SSSR count). The largest absolute Gasteiger partial charge is 0.330 e. The molecule has 3 heteroatoms. The summed E-state index contributed by atoms with van der Waals surface area (Å²) in [7, 11) is 0. The lowest BCUT2D eigenvalue weighted by molar-refractivity contribution is -0.129. The van der Waals surface area contributed by atoms with Gasteiger partial charge >= 0.3 is 0 Å². The quantitative estimate of drug-likeness (QED) is 0.641. The van der Waals surface area contributed by atoms with Gasteiger partial charge in [0.15, 0.2) is 0 Å². The number of amides is 1. The summed E-state index contributed by atoms with van der Waals surface area (Å²) in [4.78, 5) is 13.4. The Morgan fingerprint density at radius 1 is 1.53 bits per heavy atom. The smallest absolute Gasteiger partial charge is 0.237 e. The van der Waals surface area contributed by atoms with Crippen molar-refractivity contribution < 1.29 is 4.79 Å². The van der Waals surface area contributed by atoms with Crippen LogP contribution in [0.3, 0.4) is 0 Å². The van der Waals surface area contributed by atoms with Crippen LogP contribution >= 0.6 is 0 Å². The highest BCUT2D eigenvalue weighted by Gasteiger charge is 2.11. The summed E-state index contributed by atoms with van der Waals surface area (Å²) < 4.78 is 0. The molecule has 15 heavy (non-hydrogen) atoms. The lowest BCUT2D eigenvalue weighted by Crippen LogP contribution is -2.41. The zero-order valence-electron chi connectivity index (χ0n) is 10.0. The summed E-state index contributed by atoms with van der Waals surface area (Å²) in [5.74, 6) is 2.61. The number of carbonyl (C=O) groups excluding carboxylic acids is 1. The molecule has 0 heterocycles. The maximum absolute atomic E-state index is 11.7. The minimum Gasteiger partial charge on any atom is -0.330 e. The van der Waals surface area contributed by atoms with Crippen molar-refractivity contribution in [1.82, 2.24) is 10.2 Å². The first kappa shape index (κ1) is 14.0. The minimum atomic E-state index is 0.0927. The van der Waals surface area contributed by atoms with E-state index in [9.17, 15) is 4.79 Å². The third-order valence-corrected chi connectivity index (χ3v) is 2.34. The van der Waals surface area contributed by atoms with Gasteiger partial charge in [0.2, 0.25) is 5.91 Å². The van der Waals surface area contributed by atoms with E-state index in [-0.39, 0.29) is 5.91 Å². The molecule has 0 fully saturated rings. The van der Waals surface area contributed by atoms with Crippen LogP contribution in [-0.2, 0) is 4.79 Å². The van der Waals surface area contributed by atoms with Gasteiger partial charge in [0.05, 0.1) is 13.1 Å². The molecule has 0 aliphatic carbocycles. The molecule has 0 spiro atoms. The standard InChI is InChI=1S/C12H22N2O/c1-5-8-14(9-6-2)12(15)10-13-11(4)7-3/h1,11,13H,6-10H2,2-4H3. The Balaban J connectivity index is 3.97. The molecule has 1 N–H and O–H groups in total. The molecule has 0 bridgehead atoms. The van der Waals surface area contributed by atoms with Crippen molar-refractivity contribution in [1.29, 1.82) is 0 Å². The first-order valence-corrected chi connectivity index (χ1v) is 5.60. The van der Waals surface area contributed by atoms with E-state index in [4.69, 9.17) is 6.42 Å². The van der Waals surface area contributed by atoms with E-state index in [0.29, 0.717) is 19.1 Å². The molecule has 0 aromatic rings. The van der Waals surface area contributed by atoms with Crippen molar-refractivity contribution in [2.75, 3.05) is 19.6 Å². The van der Waals surface area contributed by atoms with Crippen molar-refractivity contribution in [3.05, 3.63) is 0 Å². The van der Waals surface area contributed by atoms with Gasteiger partial charge in [-0.3, -0.25) is 4.79 Å². The molecular formula is C12H22N2O. The topological polar surface area (TPSA) is 32.3 Å². The summed E-state index contributed by atoms with van der Waals surface area (Å²) in [5.41, 5.74) is 0. The Morgan fingerprint density at radius 2 is 2.20 bits per heavy atom. The van der Waals surface area contributed by atoms with Crippen LogP contribution in [0.15, 0.2) is 0 Å². The molecule has 0 radical (unpaired) electrons. The molecule has 0 aromatic heterocycles. The molecule has 0 aliphatic rings. The van der Waals surface area contributed by atoms with Gasteiger partial charge < -0.3 is 10.2 Å². The van der Waals surface area contributed by atoms with E-state index in [0.717, 1.165) is 19.4 Å². The molecule has 0 saturated carbocycles. The summed E-state index contributed by atoms with van der Waals surface area (Å²) in [6.07, 6.45) is 7.18. The molecule has 0 aromatic carbocycles. The number of hydrogen-bond acceptors (Lipinski definition) is 2. The number of hydrogen-bond donors (Lipinski definition) is 1. The Hall–Kier alpha value is -1.01. The van der Waals surface area contributed by atoms with Crippen LogP contribution in [0, 0.1) is 12.3 Å². The molecule has 1 amide bonds. The van der Waals surface area contributed by atoms with Crippen molar-refractivity contribution in [3.63, 3.8) is 0 Å². The molecule has 1 unspecified atom stereocenters. The van der Waals surface area contributed by atoms with E-state index in [1.807, 2.05) is 6.92 Å². The predicted molar refractivity (Wildman–Crippen MR) is 63.5 cm³/mol. The Bertz CT molecular complexity index is 220. The van der Waals surface area contributed by atoms with Crippen LogP contribution in [0.1, 0.15) is 33.6 Å². The zero-order valence-corrected chi connectivity index (χ0v) is 10.0. The SMILES string of the molecule is C#CCN(CCC)C(=O)CNC(C)CC. The minimum absolute atomic E-state index is 0.0927. The molecule has 1 atom stereocenters. The number of nitrogens with zero attached hydrogens (tertiary/aromatic N) is 1. The van der Waals surface area contributed by atoms with Crippen LogP contribution in [-0.4, -0.2) is 36.5 Å². The van der Waals surface area contributed by atoms with Gasteiger partial charge in [-0.05, 0) is 19.8 Å². The fourth-order valence-corrected chi connectivity index (χ4v) is 1.19. The predicted octanol–water partition coefficient (Wildman–Crippen LogP) is 1.25. The zero-order chi connectivity index (χ0) is 11.7. The fraction of sp³-hybridized carbons (Fsp3) is 0.750. The number of terminal acetylenes is 1. The number of rotatable bonds is 7. The Morgan fingerprint density at radius 3 is 2.67 bits per heavy atom. The van der Waals surface area contributed by atoms with E-state index in [1.165, 1.54) is 0 Å². The van der Waals surface area contributed by atoms with Gasteiger partial charge in [-0.15, -0.1) is 6.42 Å². The highest BCUT2D eigenvalue weighted by molar-refractivity contribution is 5.78. The second kappa shape index (κ2) is 8.31. The van der Waals surface area contributed by atoms with Crippen LogP contribution in [0.2, 0.25) is 0 Å². The monoisotopic (exact) mass is 210 g/mol. The summed E-state index contributed by atoms with van der Waals surface area (Å²) in [6.45, 7) is 7.74. The summed E-state index contributed by atoms with van der Waals surface area (Å²) in [5, 5.41) is 3.17. The van der Waals surface area contributed by atoms with Gasteiger partial charge in [0.1, 0.15) is 0 Å².